The maximum atomic E-state index is 11.7. The molecule has 2 aromatic rings. The number of benzene rings is 1. The third-order valence-electron chi connectivity index (χ3n) is 3.58. The van der Waals surface area contributed by atoms with Crippen LogP contribution in [0.15, 0.2) is 30.5 Å². The summed E-state index contributed by atoms with van der Waals surface area (Å²) in [6, 6.07) is 7.80. The molecule has 0 aliphatic heterocycles. The van der Waals surface area contributed by atoms with Gasteiger partial charge in [0.05, 0.1) is 16.8 Å². The molecular weight excluding hydrogens is 264 g/mol. The smallest absolute Gasteiger partial charge is 0.252 e. The number of unbranched alkanes of at least 4 members (excludes halogenated alkanes) is 1. The Balaban J connectivity index is 2.43. The number of nitrogens with one attached hydrogen (secondary N) is 1. The minimum absolute atomic E-state index is 0.119. The number of amides is 1. The Morgan fingerprint density at radius 2 is 2.14 bits per heavy atom. The predicted molar refractivity (Wildman–Crippen MR) is 86.3 cm³/mol. The Morgan fingerprint density at radius 3 is 2.81 bits per heavy atom. The number of primary amides is 1. The van der Waals surface area contributed by atoms with Crippen LogP contribution in [0.1, 0.15) is 36.5 Å². The fourth-order valence-electron chi connectivity index (χ4n) is 2.39. The topological polar surface area (TPSA) is 94.0 Å². The molecule has 0 spiro atoms. The van der Waals surface area contributed by atoms with Crippen molar-refractivity contribution in [2.75, 3.05) is 11.9 Å². The lowest BCUT2D eigenvalue weighted by Crippen LogP contribution is -2.30. The van der Waals surface area contributed by atoms with Crippen LogP contribution >= 0.6 is 0 Å². The fourth-order valence-corrected chi connectivity index (χ4v) is 2.39. The number of rotatable bonds is 7. The van der Waals surface area contributed by atoms with E-state index in [0.29, 0.717) is 12.1 Å². The van der Waals surface area contributed by atoms with Gasteiger partial charge in [-0.25, -0.2) is 0 Å². The number of carbonyl (C=O) groups excluding carboxylic acids is 1. The molecule has 1 aromatic heterocycles. The standard InChI is InChI=1S/C16H22N4O/c1-2-3-6-11(9-17)20-15-12-7-4-5-8-14(12)19-10-13(15)16(18)21/h4-5,7-8,10-11H,2-3,6,9,17H2,1H3,(H2,18,21)(H,19,20). The molecule has 1 unspecified atom stereocenters. The molecule has 1 atom stereocenters. The number of pyridine rings is 1. The van der Waals surface area contributed by atoms with Crippen molar-refractivity contribution >= 4 is 22.5 Å². The number of anilines is 1. The molecule has 1 heterocycles. The van der Waals surface area contributed by atoms with Crippen LogP contribution < -0.4 is 16.8 Å². The van der Waals surface area contributed by atoms with Crippen molar-refractivity contribution in [1.82, 2.24) is 4.98 Å². The Bertz CT molecular complexity index is 627. The highest BCUT2D eigenvalue weighted by Gasteiger charge is 2.16. The van der Waals surface area contributed by atoms with Crippen LogP contribution in [-0.4, -0.2) is 23.5 Å². The Hall–Kier alpha value is -2.14. The Labute approximate surface area is 124 Å². The Kier molecular flexibility index (Phi) is 5.11. The molecule has 5 nitrogen and oxygen atoms in total. The van der Waals surface area contributed by atoms with E-state index in [9.17, 15) is 4.79 Å². The molecular formula is C16H22N4O. The largest absolute Gasteiger partial charge is 0.380 e. The molecule has 0 saturated heterocycles. The number of fused-ring (bicyclic) bond motifs is 1. The van der Waals surface area contributed by atoms with Gasteiger partial charge in [-0.1, -0.05) is 38.0 Å². The van der Waals surface area contributed by atoms with Crippen LogP contribution in [0.25, 0.3) is 10.9 Å². The van der Waals surface area contributed by atoms with Gasteiger partial charge in [0.1, 0.15) is 0 Å². The van der Waals surface area contributed by atoms with Gasteiger partial charge in [0.15, 0.2) is 0 Å². The molecule has 5 heteroatoms. The maximum Gasteiger partial charge on any atom is 0.252 e. The first-order chi connectivity index (χ1) is 10.2. The van der Waals surface area contributed by atoms with E-state index in [4.69, 9.17) is 11.5 Å². The van der Waals surface area contributed by atoms with Gasteiger partial charge in [-0.3, -0.25) is 9.78 Å². The number of hydrogen-bond acceptors (Lipinski definition) is 4. The Morgan fingerprint density at radius 1 is 1.38 bits per heavy atom. The molecule has 0 bridgehead atoms. The monoisotopic (exact) mass is 286 g/mol. The molecule has 1 aromatic carbocycles. The first-order valence-electron chi connectivity index (χ1n) is 7.31. The van der Waals surface area contributed by atoms with Gasteiger partial charge in [0, 0.05) is 24.2 Å². The minimum atomic E-state index is -0.484. The number of hydrogen-bond donors (Lipinski definition) is 3. The summed E-state index contributed by atoms with van der Waals surface area (Å²) in [6.45, 7) is 2.65. The van der Waals surface area contributed by atoms with Gasteiger partial charge in [-0.2, -0.15) is 0 Å². The molecule has 112 valence electrons. The molecule has 1 amide bonds. The third kappa shape index (κ3) is 3.49. The van der Waals surface area contributed by atoms with Crippen LogP contribution in [0, 0.1) is 0 Å². The first kappa shape index (κ1) is 15.3. The van der Waals surface area contributed by atoms with Gasteiger partial charge < -0.3 is 16.8 Å². The lowest BCUT2D eigenvalue weighted by atomic mass is 10.1. The average molecular weight is 286 g/mol. The van der Waals surface area contributed by atoms with Crippen molar-refractivity contribution in [3.05, 3.63) is 36.0 Å². The fraction of sp³-hybridized carbons (Fsp3) is 0.375. The van der Waals surface area contributed by atoms with Gasteiger partial charge in [0.25, 0.3) is 5.91 Å². The maximum absolute atomic E-state index is 11.7. The van der Waals surface area contributed by atoms with E-state index in [1.165, 1.54) is 6.20 Å². The van der Waals surface area contributed by atoms with Crippen LogP contribution in [0.3, 0.4) is 0 Å². The summed E-state index contributed by atoms with van der Waals surface area (Å²) in [5.74, 6) is -0.484. The second-order valence-electron chi connectivity index (χ2n) is 5.15. The quantitative estimate of drug-likeness (QED) is 0.727. The number of nitrogens with two attached hydrogens (primary N) is 2. The predicted octanol–water partition coefficient (Wildman–Crippen LogP) is 2.26. The molecule has 0 aliphatic rings. The zero-order chi connectivity index (χ0) is 15.2. The highest BCUT2D eigenvalue weighted by molar-refractivity contribution is 6.06. The lowest BCUT2D eigenvalue weighted by molar-refractivity contribution is 0.100. The molecule has 0 fully saturated rings. The van der Waals surface area contributed by atoms with Crippen molar-refractivity contribution in [3.63, 3.8) is 0 Å². The molecule has 0 saturated carbocycles. The van der Waals surface area contributed by atoms with Crippen molar-refractivity contribution in [1.29, 1.82) is 0 Å². The number of para-hydroxylation sites is 1. The van der Waals surface area contributed by atoms with E-state index in [-0.39, 0.29) is 6.04 Å². The molecule has 0 aliphatic carbocycles. The normalized spacial score (nSPS) is 12.3. The molecule has 5 N–H and O–H groups in total. The van der Waals surface area contributed by atoms with Gasteiger partial charge in [-0.05, 0) is 12.5 Å². The van der Waals surface area contributed by atoms with Crippen molar-refractivity contribution in [2.45, 2.75) is 32.2 Å². The summed E-state index contributed by atoms with van der Waals surface area (Å²) in [4.78, 5) is 15.9. The van der Waals surface area contributed by atoms with Crippen molar-refractivity contribution in [3.8, 4) is 0 Å². The van der Waals surface area contributed by atoms with E-state index < -0.39 is 5.91 Å². The van der Waals surface area contributed by atoms with E-state index in [2.05, 4.69) is 17.2 Å². The van der Waals surface area contributed by atoms with E-state index in [1.807, 2.05) is 24.3 Å². The second kappa shape index (κ2) is 7.04. The highest BCUT2D eigenvalue weighted by Crippen LogP contribution is 2.26. The number of aromatic nitrogens is 1. The van der Waals surface area contributed by atoms with Gasteiger partial charge in [0.2, 0.25) is 0 Å². The summed E-state index contributed by atoms with van der Waals surface area (Å²) >= 11 is 0. The molecule has 21 heavy (non-hydrogen) atoms. The van der Waals surface area contributed by atoms with E-state index in [0.717, 1.165) is 35.9 Å². The van der Waals surface area contributed by atoms with Crippen LogP contribution in [0.2, 0.25) is 0 Å². The summed E-state index contributed by atoms with van der Waals surface area (Å²) < 4.78 is 0. The van der Waals surface area contributed by atoms with E-state index >= 15 is 0 Å². The number of nitrogens with zero attached hydrogens (tertiary/aromatic N) is 1. The molecule has 2 rings (SSSR count). The zero-order valence-electron chi connectivity index (χ0n) is 12.3. The van der Waals surface area contributed by atoms with Crippen LogP contribution in [0.4, 0.5) is 5.69 Å². The van der Waals surface area contributed by atoms with E-state index in [1.54, 1.807) is 0 Å². The number of carbonyl (C=O) groups is 1. The average Bonchev–Trinajstić information content (AvgIpc) is 2.51. The minimum Gasteiger partial charge on any atom is -0.380 e. The summed E-state index contributed by atoms with van der Waals surface area (Å²) in [5.41, 5.74) is 13.3. The highest BCUT2D eigenvalue weighted by atomic mass is 16.1. The third-order valence-corrected chi connectivity index (χ3v) is 3.58. The van der Waals surface area contributed by atoms with Crippen molar-refractivity contribution in [2.24, 2.45) is 11.5 Å². The van der Waals surface area contributed by atoms with Gasteiger partial charge >= 0.3 is 0 Å². The van der Waals surface area contributed by atoms with Gasteiger partial charge in [-0.15, -0.1) is 0 Å². The first-order valence-corrected chi connectivity index (χ1v) is 7.31. The SMILES string of the molecule is CCCCC(CN)Nc1c(C(N)=O)cnc2ccccc12. The second-order valence-corrected chi connectivity index (χ2v) is 5.15. The molecule has 0 radical (unpaired) electrons. The summed E-state index contributed by atoms with van der Waals surface area (Å²) in [6.07, 6.45) is 4.68. The zero-order valence-corrected chi connectivity index (χ0v) is 12.3. The van der Waals surface area contributed by atoms with Crippen LogP contribution in [0.5, 0.6) is 0 Å². The summed E-state index contributed by atoms with van der Waals surface area (Å²) in [7, 11) is 0. The lowest BCUT2D eigenvalue weighted by Gasteiger charge is -2.20. The van der Waals surface area contributed by atoms with Crippen molar-refractivity contribution < 1.29 is 4.79 Å². The summed E-state index contributed by atoms with van der Waals surface area (Å²) in [5, 5.41) is 4.28. The van der Waals surface area contributed by atoms with Crippen LogP contribution in [-0.2, 0) is 0 Å².